The first-order valence-corrected chi connectivity index (χ1v) is 10.1. The van der Waals surface area contributed by atoms with Crippen molar-refractivity contribution in [1.82, 2.24) is 25.9 Å². The summed E-state index contributed by atoms with van der Waals surface area (Å²) in [6.07, 6.45) is 2.02. The number of rotatable bonds is 14. The standard InChI is InChI=1S/C19H30N6O8/c1-9(2)3-12(17(30)25-14(19(32)33)5-15(27)28)24-18(31)13(4-10-6-21-8-22-10)23-16(29)11(20)7-26/h6,8-9,11-14,26H,3-5,7,20H2,1-2H3,(H,21,22)(H,23,29)(H,24,31)(H,25,30)(H,27,28)(H,32,33). The van der Waals surface area contributed by atoms with Crippen LogP contribution in [0.4, 0.5) is 0 Å². The minimum absolute atomic E-state index is 0.0392. The van der Waals surface area contributed by atoms with Gasteiger partial charge >= 0.3 is 11.9 Å². The van der Waals surface area contributed by atoms with Crippen molar-refractivity contribution in [2.75, 3.05) is 6.61 Å². The second-order valence-corrected chi connectivity index (χ2v) is 7.82. The Balaban J connectivity index is 3.04. The van der Waals surface area contributed by atoms with E-state index in [2.05, 4.69) is 25.9 Å². The van der Waals surface area contributed by atoms with Crippen LogP contribution in [0.25, 0.3) is 0 Å². The molecule has 0 radical (unpaired) electrons. The van der Waals surface area contributed by atoms with Crippen LogP contribution in [0.1, 0.15) is 32.4 Å². The van der Waals surface area contributed by atoms with E-state index in [9.17, 15) is 24.0 Å². The number of carboxylic acids is 2. The van der Waals surface area contributed by atoms with E-state index in [1.807, 2.05) is 0 Å². The van der Waals surface area contributed by atoms with E-state index in [0.29, 0.717) is 5.69 Å². The molecule has 184 valence electrons. The Morgan fingerprint density at radius 1 is 1.00 bits per heavy atom. The van der Waals surface area contributed by atoms with Gasteiger partial charge in [0.15, 0.2) is 0 Å². The maximum absolute atomic E-state index is 13.0. The molecule has 14 heteroatoms. The molecule has 9 N–H and O–H groups in total. The fourth-order valence-electron chi connectivity index (χ4n) is 2.81. The molecule has 0 fully saturated rings. The van der Waals surface area contributed by atoms with Gasteiger partial charge in [0.25, 0.3) is 0 Å². The van der Waals surface area contributed by atoms with Gasteiger partial charge in [0.05, 0.1) is 19.4 Å². The van der Waals surface area contributed by atoms with Crippen molar-refractivity contribution < 1.29 is 39.3 Å². The summed E-state index contributed by atoms with van der Waals surface area (Å²) < 4.78 is 0. The van der Waals surface area contributed by atoms with Crippen LogP contribution in [0, 0.1) is 5.92 Å². The first-order valence-electron chi connectivity index (χ1n) is 10.1. The first-order chi connectivity index (χ1) is 15.4. The van der Waals surface area contributed by atoms with Crippen molar-refractivity contribution in [3.8, 4) is 0 Å². The normalized spacial score (nSPS) is 14.6. The van der Waals surface area contributed by atoms with Crippen LogP contribution in [0.2, 0.25) is 0 Å². The predicted molar refractivity (Wildman–Crippen MR) is 112 cm³/mol. The van der Waals surface area contributed by atoms with Gasteiger partial charge in [-0.25, -0.2) is 9.78 Å². The Labute approximate surface area is 189 Å². The molecular formula is C19H30N6O8. The summed E-state index contributed by atoms with van der Waals surface area (Å²) in [7, 11) is 0. The lowest BCUT2D eigenvalue weighted by Crippen LogP contribution is -2.58. The average molecular weight is 470 g/mol. The molecule has 0 saturated carbocycles. The molecule has 0 aliphatic rings. The molecule has 0 aromatic carbocycles. The molecule has 14 nitrogen and oxygen atoms in total. The number of nitrogens with two attached hydrogens (primary N) is 1. The number of hydrogen-bond acceptors (Lipinski definition) is 8. The number of carboxylic acid groups (broad SMARTS) is 2. The molecule has 1 aromatic heterocycles. The van der Waals surface area contributed by atoms with Crippen molar-refractivity contribution in [2.24, 2.45) is 11.7 Å². The van der Waals surface area contributed by atoms with Gasteiger partial charge in [-0.05, 0) is 12.3 Å². The smallest absolute Gasteiger partial charge is 0.326 e. The summed E-state index contributed by atoms with van der Waals surface area (Å²) in [5.41, 5.74) is 5.99. The van der Waals surface area contributed by atoms with Crippen LogP contribution in [0.15, 0.2) is 12.5 Å². The molecule has 0 spiro atoms. The fraction of sp³-hybridized carbons (Fsp3) is 0.579. The van der Waals surface area contributed by atoms with Crippen molar-refractivity contribution >= 4 is 29.7 Å². The van der Waals surface area contributed by atoms with Crippen LogP contribution in [-0.2, 0) is 30.4 Å². The Morgan fingerprint density at radius 2 is 1.58 bits per heavy atom. The number of carbonyl (C=O) groups excluding carboxylic acids is 3. The molecule has 0 saturated heterocycles. The number of aromatic nitrogens is 2. The lowest BCUT2D eigenvalue weighted by Gasteiger charge is -2.25. The zero-order chi connectivity index (χ0) is 25.1. The van der Waals surface area contributed by atoms with E-state index in [0.717, 1.165) is 0 Å². The van der Waals surface area contributed by atoms with Crippen molar-refractivity contribution in [3.63, 3.8) is 0 Å². The summed E-state index contributed by atoms with van der Waals surface area (Å²) in [4.78, 5) is 66.6. The Bertz CT molecular complexity index is 828. The van der Waals surface area contributed by atoms with Gasteiger partial charge in [-0.2, -0.15) is 0 Å². The van der Waals surface area contributed by atoms with E-state index in [-0.39, 0.29) is 18.8 Å². The lowest BCUT2D eigenvalue weighted by molar-refractivity contribution is -0.147. The van der Waals surface area contributed by atoms with Gasteiger partial charge in [-0.1, -0.05) is 13.8 Å². The molecule has 4 atom stereocenters. The van der Waals surface area contributed by atoms with E-state index in [1.54, 1.807) is 13.8 Å². The average Bonchev–Trinajstić information content (AvgIpc) is 3.23. The summed E-state index contributed by atoms with van der Waals surface area (Å²) in [6.45, 7) is 2.88. The third-order valence-corrected chi connectivity index (χ3v) is 4.48. The molecular weight excluding hydrogens is 440 g/mol. The number of amides is 3. The highest BCUT2D eigenvalue weighted by Crippen LogP contribution is 2.08. The molecule has 33 heavy (non-hydrogen) atoms. The molecule has 0 aliphatic carbocycles. The number of H-pyrrole nitrogens is 1. The maximum Gasteiger partial charge on any atom is 0.326 e. The van der Waals surface area contributed by atoms with Gasteiger partial charge in [-0.15, -0.1) is 0 Å². The Kier molecular flexibility index (Phi) is 10.9. The molecule has 1 rings (SSSR count). The zero-order valence-corrected chi connectivity index (χ0v) is 18.3. The summed E-state index contributed by atoms with van der Waals surface area (Å²) in [5.74, 6) is -5.52. The number of aromatic amines is 1. The number of imidazole rings is 1. The van der Waals surface area contributed by atoms with Crippen LogP contribution < -0.4 is 21.7 Å². The number of aliphatic carboxylic acids is 2. The molecule has 3 amide bonds. The van der Waals surface area contributed by atoms with E-state index in [4.69, 9.17) is 21.1 Å². The number of carbonyl (C=O) groups is 5. The van der Waals surface area contributed by atoms with Gasteiger partial charge in [0.2, 0.25) is 17.7 Å². The maximum atomic E-state index is 13.0. The fourth-order valence-corrected chi connectivity index (χ4v) is 2.81. The topological polar surface area (TPSA) is 237 Å². The quantitative estimate of drug-likeness (QED) is 0.140. The number of hydrogen-bond donors (Lipinski definition) is 8. The van der Waals surface area contributed by atoms with Gasteiger partial charge in [-0.3, -0.25) is 19.2 Å². The number of aliphatic hydroxyl groups is 1. The van der Waals surface area contributed by atoms with Crippen LogP contribution >= 0.6 is 0 Å². The minimum Gasteiger partial charge on any atom is -0.481 e. The van der Waals surface area contributed by atoms with Crippen molar-refractivity contribution in [1.29, 1.82) is 0 Å². The predicted octanol–water partition coefficient (Wildman–Crippen LogP) is -2.67. The number of nitrogens with zero attached hydrogens (tertiary/aromatic N) is 1. The van der Waals surface area contributed by atoms with Gasteiger partial charge in [0.1, 0.15) is 24.2 Å². The first kappa shape index (κ1) is 27.5. The van der Waals surface area contributed by atoms with Crippen LogP contribution in [0.5, 0.6) is 0 Å². The minimum atomic E-state index is -1.69. The van der Waals surface area contributed by atoms with Crippen molar-refractivity contribution in [3.05, 3.63) is 18.2 Å². The van der Waals surface area contributed by atoms with Gasteiger partial charge < -0.3 is 42.0 Å². The molecule has 1 heterocycles. The highest BCUT2D eigenvalue weighted by molar-refractivity contribution is 5.94. The second kappa shape index (κ2) is 13.1. The van der Waals surface area contributed by atoms with E-state index >= 15 is 0 Å². The number of nitrogens with one attached hydrogen (secondary N) is 4. The lowest BCUT2D eigenvalue weighted by atomic mass is 10.0. The monoisotopic (exact) mass is 470 g/mol. The molecule has 0 bridgehead atoms. The highest BCUT2D eigenvalue weighted by atomic mass is 16.4. The zero-order valence-electron chi connectivity index (χ0n) is 18.3. The summed E-state index contributed by atoms with van der Waals surface area (Å²) >= 11 is 0. The molecule has 1 aromatic rings. The third-order valence-electron chi connectivity index (χ3n) is 4.48. The molecule has 4 unspecified atom stereocenters. The Morgan fingerprint density at radius 3 is 2.06 bits per heavy atom. The van der Waals surface area contributed by atoms with Crippen LogP contribution in [-0.4, -0.2) is 85.7 Å². The second-order valence-electron chi connectivity index (χ2n) is 7.82. The van der Waals surface area contributed by atoms with Gasteiger partial charge in [0, 0.05) is 18.3 Å². The van der Waals surface area contributed by atoms with E-state index < -0.39 is 66.9 Å². The number of aliphatic hydroxyl groups excluding tert-OH is 1. The SMILES string of the molecule is CC(C)CC(NC(=O)C(Cc1cnc[nH]1)NC(=O)C(N)CO)C(=O)NC(CC(=O)O)C(=O)O. The van der Waals surface area contributed by atoms with Crippen LogP contribution in [0.3, 0.4) is 0 Å². The third kappa shape index (κ3) is 9.65. The van der Waals surface area contributed by atoms with Crippen molar-refractivity contribution in [2.45, 2.75) is 57.3 Å². The summed E-state index contributed by atoms with van der Waals surface area (Å²) in [6, 6.07) is -5.37. The Hall–Kier alpha value is -3.52. The van der Waals surface area contributed by atoms with E-state index in [1.165, 1.54) is 12.5 Å². The summed E-state index contributed by atoms with van der Waals surface area (Å²) in [5, 5.41) is 34.1. The highest BCUT2D eigenvalue weighted by Gasteiger charge is 2.31. The largest absolute Gasteiger partial charge is 0.481 e. The molecule has 0 aliphatic heterocycles.